The number of esters is 1. The predicted molar refractivity (Wildman–Crippen MR) is 170 cm³/mol. The summed E-state index contributed by atoms with van der Waals surface area (Å²) in [4.78, 5) is 11.9. The Hall–Kier alpha value is -1.83. The van der Waals surface area contributed by atoms with Crippen LogP contribution >= 0.6 is 0 Å². The lowest BCUT2D eigenvalue weighted by atomic mass is 10.1. The third-order valence-corrected chi connectivity index (χ3v) is 6.69. The first-order valence-corrected chi connectivity index (χ1v) is 16.2. The summed E-state index contributed by atoms with van der Waals surface area (Å²) < 4.78 is 5.41. The highest BCUT2D eigenvalue weighted by Crippen LogP contribution is 2.10. The molecular weight excluding hydrogens is 464 g/mol. The van der Waals surface area contributed by atoms with E-state index in [1.54, 1.807) is 0 Å². The molecule has 0 spiro atoms. The maximum atomic E-state index is 11.9. The summed E-state index contributed by atoms with van der Waals surface area (Å²) in [5, 5.41) is 0. The van der Waals surface area contributed by atoms with Gasteiger partial charge in [0, 0.05) is 6.42 Å². The topological polar surface area (TPSA) is 26.3 Å². The fourth-order valence-corrected chi connectivity index (χ4v) is 4.21. The number of ether oxygens (including phenoxy) is 1. The van der Waals surface area contributed by atoms with Crippen LogP contribution in [0.3, 0.4) is 0 Å². The lowest BCUT2D eigenvalue weighted by Gasteiger charge is -2.05. The maximum Gasteiger partial charge on any atom is 0.305 e. The third kappa shape index (κ3) is 32.2. The highest BCUT2D eigenvalue weighted by molar-refractivity contribution is 5.69. The van der Waals surface area contributed by atoms with Gasteiger partial charge in [-0.15, -0.1) is 0 Å². The van der Waals surface area contributed by atoms with Crippen molar-refractivity contribution < 1.29 is 9.53 Å². The van der Waals surface area contributed by atoms with E-state index < -0.39 is 0 Å². The zero-order valence-corrected chi connectivity index (χ0v) is 25.4. The molecule has 0 rings (SSSR count). The molecule has 0 aliphatic rings. The molecule has 0 radical (unpaired) electrons. The normalized spacial score (nSPS) is 12.4. The predicted octanol–water partition coefficient (Wildman–Crippen LogP) is 11.9. The fraction of sp³-hybridized carbons (Fsp3) is 0.694. The zero-order chi connectivity index (χ0) is 27.6. The number of hydrogen-bond donors (Lipinski definition) is 0. The largest absolute Gasteiger partial charge is 0.466 e. The molecule has 0 aromatic carbocycles. The average molecular weight is 527 g/mol. The van der Waals surface area contributed by atoms with E-state index >= 15 is 0 Å². The van der Waals surface area contributed by atoms with E-state index in [9.17, 15) is 4.79 Å². The average Bonchev–Trinajstić information content (AvgIpc) is 2.92. The molecule has 218 valence electrons. The number of carbonyl (C=O) groups excluding carboxylic acids is 1. The molecular formula is C36H62O2. The number of allylic oxidation sites excluding steroid dienone is 10. The monoisotopic (exact) mass is 526 g/mol. The van der Waals surface area contributed by atoms with E-state index in [2.05, 4.69) is 74.6 Å². The van der Waals surface area contributed by atoms with Gasteiger partial charge in [0.25, 0.3) is 0 Å². The van der Waals surface area contributed by atoms with Crippen LogP contribution in [-0.2, 0) is 9.53 Å². The van der Waals surface area contributed by atoms with Gasteiger partial charge in [0.15, 0.2) is 0 Å². The third-order valence-electron chi connectivity index (χ3n) is 6.69. The Labute approximate surface area is 237 Å². The van der Waals surface area contributed by atoms with Gasteiger partial charge in [-0.05, 0) is 64.2 Å². The van der Waals surface area contributed by atoms with E-state index in [0.717, 1.165) is 32.1 Å². The van der Waals surface area contributed by atoms with Gasteiger partial charge in [0.05, 0.1) is 6.61 Å². The molecule has 0 saturated carbocycles. The molecule has 2 heteroatoms. The Kier molecular flexibility index (Phi) is 31.6. The van der Waals surface area contributed by atoms with Gasteiger partial charge < -0.3 is 4.74 Å². The molecule has 0 saturated heterocycles. The first kappa shape index (κ1) is 36.2. The van der Waals surface area contributed by atoms with Crippen molar-refractivity contribution in [2.75, 3.05) is 6.61 Å². The lowest BCUT2D eigenvalue weighted by Crippen LogP contribution is -2.05. The van der Waals surface area contributed by atoms with Crippen molar-refractivity contribution in [3.05, 3.63) is 60.8 Å². The van der Waals surface area contributed by atoms with Crippen LogP contribution in [0.2, 0.25) is 0 Å². The molecule has 0 aromatic rings. The Balaban J connectivity index is 3.33. The van der Waals surface area contributed by atoms with Crippen molar-refractivity contribution in [1.29, 1.82) is 0 Å². The fourth-order valence-electron chi connectivity index (χ4n) is 4.21. The first-order valence-electron chi connectivity index (χ1n) is 16.2. The summed E-state index contributed by atoms with van der Waals surface area (Å²) in [6.07, 6.45) is 48.3. The van der Waals surface area contributed by atoms with Crippen molar-refractivity contribution >= 4 is 5.97 Å². The van der Waals surface area contributed by atoms with E-state index in [0.29, 0.717) is 13.0 Å². The molecule has 38 heavy (non-hydrogen) atoms. The Morgan fingerprint density at radius 2 is 0.947 bits per heavy atom. The van der Waals surface area contributed by atoms with Crippen molar-refractivity contribution in [2.45, 2.75) is 155 Å². The van der Waals surface area contributed by atoms with E-state index in [4.69, 9.17) is 4.74 Å². The molecule has 0 aliphatic carbocycles. The summed E-state index contributed by atoms with van der Waals surface area (Å²) >= 11 is 0. The minimum Gasteiger partial charge on any atom is -0.466 e. The highest BCUT2D eigenvalue weighted by Gasteiger charge is 2.02. The van der Waals surface area contributed by atoms with Gasteiger partial charge in [0.1, 0.15) is 0 Å². The quantitative estimate of drug-likeness (QED) is 0.0438. The van der Waals surface area contributed by atoms with Crippen LogP contribution in [0, 0.1) is 0 Å². The molecule has 0 heterocycles. The van der Waals surface area contributed by atoms with Crippen LogP contribution < -0.4 is 0 Å². The standard InChI is InChI=1S/C36H62O2/c1-3-5-7-9-11-13-15-17-19-21-23-25-27-29-31-33-35-38-36(37)34-32-30-28-26-24-22-20-18-16-14-12-10-8-6-4-2/h10-14,16-20H,3-9,15,21-35H2,1-2H3/b12-10?,13-11-,16-14?,19-17-,20-18?. The van der Waals surface area contributed by atoms with E-state index in [1.807, 2.05) is 0 Å². The molecule has 0 aromatic heterocycles. The molecule has 0 bridgehead atoms. The van der Waals surface area contributed by atoms with Crippen LogP contribution in [0.1, 0.15) is 155 Å². The molecule has 0 N–H and O–H groups in total. The number of unbranched alkanes of at least 4 members (excludes halogenated alkanes) is 16. The first-order chi connectivity index (χ1) is 18.8. The minimum atomic E-state index is -0.00828. The molecule has 0 fully saturated rings. The summed E-state index contributed by atoms with van der Waals surface area (Å²) in [7, 11) is 0. The minimum absolute atomic E-state index is 0.00828. The van der Waals surface area contributed by atoms with Gasteiger partial charge in [-0.1, -0.05) is 145 Å². The lowest BCUT2D eigenvalue weighted by molar-refractivity contribution is -0.143. The maximum absolute atomic E-state index is 11.9. The van der Waals surface area contributed by atoms with Crippen LogP contribution in [0.5, 0.6) is 0 Å². The molecule has 0 atom stereocenters. The van der Waals surface area contributed by atoms with Crippen molar-refractivity contribution in [1.82, 2.24) is 0 Å². The summed E-state index contributed by atoms with van der Waals surface area (Å²) in [5.41, 5.74) is 0. The summed E-state index contributed by atoms with van der Waals surface area (Å²) in [5.74, 6) is -0.00828. The van der Waals surface area contributed by atoms with Gasteiger partial charge in [-0.2, -0.15) is 0 Å². The molecule has 0 amide bonds. The summed E-state index contributed by atoms with van der Waals surface area (Å²) in [6, 6.07) is 0. The highest BCUT2D eigenvalue weighted by atomic mass is 16.5. The molecule has 2 nitrogen and oxygen atoms in total. The zero-order valence-electron chi connectivity index (χ0n) is 25.4. The van der Waals surface area contributed by atoms with Crippen LogP contribution in [0.25, 0.3) is 0 Å². The van der Waals surface area contributed by atoms with E-state index in [-0.39, 0.29) is 5.97 Å². The van der Waals surface area contributed by atoms with Gasteiger partial charge in [-0.3, -0.25) is 4.79 Å². The second-order valence-electron chi connectivity index (χ2n) is 10.5. The Bertz CT molecular complexity index is 623. The Morgan fingerprint density at radius 3 is 1.55 bits per heavy atom. The number of carbonyl (C=O) groups is 1. The Morgan fingerprint density at radius 1 is 0.474 bits per heavy atom. The van der Waals surface area contributed by atoms with Crippen LogP contribution in [0.15, 0.2) is 60.8 Å². The molecule has 0 aliphatic heterocycles. The van der Waals surface area contributed by atoms with Crippen molar-refractivity contribution in [2.24, 2.45) is 0 Å². The van der Waals surface area contributed by atoms with Gasteiger partial charge >= 0.3 is 5.97 Å². The second-order valence-corrected chi connectivity index (χ2v) is 10.5. The summed E-state index contributed by atoms with van der Waals surface area (Å²) in [6.45, 7) is 5.08. The van der Waals surface area contributed by atoms with Crippen LogP contribution in [-0.4, -0.2) is 12.6 Å². The van der Waals surface area contributed by atoms with E-state index in [1.165, 1.54) is 103 Å². The van der Waals surface area contributed by atoms with Gasteiger partial charge in [0.2, 0.25) is 0 Å². The van der Waals surface area contributed by atoms with Gasteiger partial charge in [-0.25, -0.2) is 0 Å². The van der Waals surface area contributed by atoms with Crippen molar-refractivity contribution in [3.8, 4) is 0 Å². The number of rotatable bonds is 28. The van der Waals surface area contributed by atoms with Crippen molar-refractivity contribution in [3.63, 3.8) is 0 Å². The van der Waals surface area contributed by atoms with Crippen LogP contribution in [0.4, 0.5) is 0 Å². The SMILES string of the molecule is CCCCC=CC=CC=CCCCCCCCC(=O)OCCCCCCCC/C=C\C/C=C\CCCCC. The second kappa shape index (κ2) is 33.2. The molecule has 0 unspecified atom stereocenters. The number of hydrogen-bond acceptors (Lipinski definition) is 2. The smallest absolute Gasteiger partial charge is 0.305 e.